The van der Waals surface area contributed by atoms with E-state index in [9.17, 15) is 14.4 Å². The Morgan fingerprint density at radius 3 is 2.76 bits per heavy atom. The first-order chi connectivity index (χ1) is 15.9. The number of nitrogens with one attached hydrogen (secondary N) is 2. The van der Waals surface area contributed by atoms with Crippen molar-refractivity contribution < 1.29 is 23.9 Å². The molecule has 0 aliphatic carbocycles. The molecule has 0 saturated carbocycles. The smallest absolute Gasteiger partial charge is 0.262 e. The lowest BCUT2D eigenvalue weighted by atomic mass is 10.1. The van der Waals surface area contributed by atoms with E-state index in [2.05, 4.69) is 10.6 Å². The lowest BCUT2D eigenvalue weighted by molar-refractivity contribution is -0.118. The summed E-state index contributed by atoms with van der Waals surface area (Å²) >= 11 is 0. The number of hydrogen-bond acceptors (Lipinski definition) is 5. The molecule has 1 aliphatic rings. The van der Waals surface area contributed by atoms with Gasteiger partial charge in [-0.3, -0.25) is 14.4 Å². The number of anilines is 1. The largest absolute Gasteiger partial charge is 0.488 e. The van der Waals surface area contributed by atoms with Gasteiger partial charge in [0.25, 0.3) is 17.7 Å². The molecule has 3 aromatic rings. The Morgan fingerprint density at radius 2 is 1.94 bits per heavy atom. The van der Waals surface area contributed by atoms with Crippen molar-refractivity contribution in [3.05, 3.63) is 89.0 Å². The molecule has 1 unspecified atom stereocenters. The summed E-state index contributed by atoms with van der Waals surface area (Å²) in [5, 5.41) is 5.73. The zero-order valence-electron chi connectivity index (χ0n) is 18.0. The second-order valence-corrected chi connectivity index (χ2v) is 7.64. The van der Waals surface area contributed by atoms with E-state index < -0.39 is 5.91 Å². The Kier molecular flexibility index (Phi) is 6.26. The average molecular weight is 445 g/mol. The van der Waals surface area contributed by atoms with E-state index in [1.165, 1.54) is 0 Å². The van der Waals surface area contributed by atoms with E-state index in [4.69, 9.17) is 15.2 Å². The molecule has 0 radical (unpaired) electrons. The normalized spacial score (nSPS) is 13.2. The van der Waals surface area contributed by atoms with Crippen LogP contribution in [0.25, 0.3) is 0 Å². The van der Waals surface area contributed by atoms with Gasteiger partial charge < -0.3 is 25.8 Å². The Hall–Kier alpha value is -4.33. The van der Waals surface area contributed by atoms with Crippen molar-refractivity contribution in [2.45, 2.75) is 19.6 Å². The number of hydrogen-bond donors (Lipinski definition) is 3. The van der Waals surface area contributed by atoms with Crippen LogP contribution in [0.2, 0.25) is 0 Å². The van der Waals surface area contributed by atoms with Gasteiger partial charge in [-0.2, -0.15) is 0 Å². The molecule has 4 rings (SSSR count). The van der Waals surface area contributed by atoms with Gasteiger partial charge in [-0.05, 0) is 54.4 Å². The summed E-state index contributed by atoms with van der Waals surface area (Å²) in [4.78, 5) is 35.9. The van der Waals surface area contributed by atoms with Gasteiger partial charge in [0.2, 0.25) is 0 Å². The Morgan fingerprint density at radius 1 is 1.12 bits per heavy atom. The fraction of sp³-hybridized carbons (Fsp3) is 0.160. The van der Waals surface area contributed by atoms with Crippen molar-refractivity contribution in [2.24, 2.45) is 5.73 Å². The Bertz CT molecular complexity index is 1220. The molecular formula is C25H23N3O5. The molecule has 33 heavy (non-hydrogen) atoms. The Balaban J connectivity index is 1.42. The van der Waals surface area contributed by atoms with Crippen molar-refractivity contribution in [2.75, 3.05) is 11.9 Å². The van der Waals surface area contributed by atoms with Crippen LogP contribution in [0.1, 0.15) is 44.8 Å². The molecular weight excluding hydrogens is 422 g/mol. The van der Waals surface area contributed by atoms with Gasteiger partial charge >= 0.3 is 0 Å². The summed E-state index contributed by atoms with van der Waals surface area (Å²) in [6, 6.07) is 18.9. The summed E-state index contributed by atoms with van der Waals surface area (Å²) in [6.07, 6.45) is 0. The van der Waals surface area contributed by atoms with Crippen molar-refractivity contribution in [1.29, 1.82) is 0 Å². The highest BCUT2D eigenvalue weighted by Crippen LogP contribution is 2.30. The van der Waals surface area contributed by atoms with E-state index in [1.807, 2.05) is 19.1 Å². The monoisotopic (exact) mass is 445 g/mol. The predicted octanol–water partition coefficient (Wildman–Crippen LogP) is 3.19. The Labute approximate surface area is 190 Å². The first kappa shape index (κ1) is 21.9. The zero-order chi connectivity index (χ0) is 23.4. The van der Waals surface area contributed by atoms with Gasteiger partial charge in [0.05, 0.1) is 17.3 Å². The maximum absolute atomic E-state index is 12.8. The number of fused-ring (bicyclic) bond motifs is 1. The molecule has 1 heterocycles. The van der Waals surface area contributed by atoms with E-state index in [0.717, 1.165) is 11.1 Å². The second kappa shape index (κ2) is 9.44. The fourth-order valence-electron chi connectivity index (χ4n) is 3.49. The third-order valence-corrected chi connectivity index (χ3v) is 5.22. The molecule has 1 aliphatic heterocycles. The van der Waals surface area contributed by atoms with Crippen LogP contribution in [0.15, 0.2) is 66.7 Å². The third-order valence-electron chi connectivity index (χ3n) is 5.22. The highest BCUT2D eigenvalue weighted by atomic mass is 16.5. The van der Waals surface area contributed by atoms with Gasteiger partial charge in [0.1, 0.15) is 18.1 Å². The van der Waals surface area contributed by atoms with Crippen LogP contribution in [-0.4, -0.2) is 24.3 Å². The number of carbonyl (C=O) groups excluding carboxylic acids is 3. The van der Waals surface area contributed by atoms with Crippen LogP contribution in [0, 0.1) is 0 Å². The maximum atomic E-state index is 12.8. The van der Waals surface area contributed by atoms with Crippen molar-refractivity contribution in [1.82, 2.24) is 5.32 Å². The van der Waals surface area contributed by atoms with Crippen LogP contribution < -0.4 is 25.8 Å². The van der Waals surface area contributed by atoms with Gasteiger partial charge in [0.15, 0.2) is 6.61 Å². The van der Waals surface area contributed by atoms with E-state index in [-0.39, 0.29) is 31.1 Å². The minimum absolute atomic E-state index is 0.00714. The molecule has 1 atom stereocenters. The topological polar surface area (TPSA) is 120 Å². The number of nitrogens with two attached hydrogens (primary N) is 1. The lowest BCUT2D eigenvalue weighted by Gasteiger charge is -2.21. The van der Waals surface area contributed by atoms with Gasteiger partial charge in [-0.15, -0.1) is 0 Å². The molecule has 168 valence electrons. The molecule has 0 spiro atoms. The fourth-order valence-corrected chi connectivity index (χ4v) is 3.49. The first-order valence-electron chi connectivity index (χ1n) is 10.4. The second-order valence-electron chi connectivity index (χ2n) is 7.64. The molecule has 8 nitrogen and oxygen atoms in total. The molecule has 0 aromatic heterocycles. The summed E-state index contributed by atoms with van der Waals surface area (Å²) in [5.41, 5.74) is 8.34. The summed E-state index contributed by atoms with van der Waals surface area (Å²) in [6.45, 7) is 2.02. The molecule has 3 amide bonds. The number of carbonyl (C=O) groups is 3. The van der Waals surface area contributed by atoms with Crippen LogP contribution in [-0.2, 0) is 11.4 Å². The molecule has 8 heteroatoms. The van der Waals surface area contributed by atoms with Crippen LogP contribution >= 0.6 is 0 Å². The van der Waals surface area contributed by atoms with Gasteiger partial charge in [-0.1, -0.05) is 30.3 Å². The zero-order valence-corrected chi connectivity index (χ0v) is 18.0. The minimum Gasteiger partial charge on any atom is -0.488 e. The van der Waals surface area contributed by atoms with Crippen molar-refractivity contribution >= 4 is 23.4 Å². The van der Waals surface area contributed by atoms with Crippen LogP contribution in [0.3, 0.4) is 0 Å². The number of ether oxygens (including phenoxy) is 2. The SMILES string of the molecule is CC(NC(=O)c1cccc(COc2ccccc2C(N)=O)c1)c1ccc2c(c1)NC(=O)CO2. The number of para-hydroxylation sites is 1. The highest BCUT2D eigenvalue weighted by molar-refractivity contribution is 5.96. The number of benzene rings is 3. The van der Waals surface area contributed by atoms with Crippen molar-refractivity contribution in [3.8, 4) is 11.5 Å². The molecule has 0 saturated heterocycles. The number of amides is 3. The molecule has 4 N–H and O–H groups in total. The molecule has 0 bridgehead atoms. The summed E-state index contributed by atoms with van der Waals surface area (Å²) in [5.74, 6) is -0.0471. The third kappa shape index (κ3) is 5.12. The van der Waals surface area contributed by atoms with Gasteiger partial charge in [-0.25, -0.2) is 0 Å². The standard InChI is InChI=1S/C25H23N3O5/c1-15(17-9-10-22-20(12-17)28-23(29)14-33-22)27-25(31)18-6-4-5-16(11-18)13-32-21-8-3-2-7-19(21)24(26)30/h2-12,15H,13-14H2,1H3,(H2,26,30)(H,27,31)(H,28,29). The van der Waals surface area contributed by atoms with Crippen LogP contribution in [0.5, 0.6) is 11.5 Å². The van der Waals surface area contributed by atoms with E-state index >= 15 is 0 Å². The summed E-state index contributed by atoms with van der Waals surface area (Å²) < 4.78 is 11.1. The highest BCUT2D eigenvalue weighted by Gasteiger charge is 2.19. The molecule has 3 aromatic carbocycles. The number of primary amides is 1. The first-order valence-corrected chi connectivity index (χ1v) is 10.4. The predicted molar refractivity (Wildman–Crippen MR) is 122 cm³/mol. The minimum atomic E-state index is -0.568. The van der Waals surface area contributed by atoms with Gasteiger partial charge in [0, 0.05) is 5.56 Å². The van der Waals surface area contributed by atoms with E-state index in [1.54, 1.807) is 54.6 Å². The van der Waals surface area contributed by atoms with E-state index in [0.29, 0.717) is 28.3 Å². The van der Waals surface area contributed by atoms with Crippen molar-refractivity contribution in [3.63, 3.8) is 0 Å². The number of rotatable bonds is 7. The lowest BCUT2D eigenvalue weighted by Crippen LogP contribution is -2.28. The maximum Gasteiger partial charge on any atom is 0.262 e. The average Bonchev–Trinajstić information content (AvgIpc) is 2.82. The molecule has 0 fully saturated rings. The van der Waals surface area contributed by atoms with Crippen LogP contribution in [0.4, 0.5) is 5.69 Å². The quantitative estimate of drug-likeness (QED) is 0.516. The summed E-state index contributed by atoms with van der Waals surface area (Å²) in [7, 11) is 0.